The third-order valence-corrected chi connectivity index (χ3v) is 10.5. The first-order chi connectivity index (χ1) is 20.4. The third-order valence-electron chi connectivity index (χ3n) is 10.5. The Morgan fingerprint density at radius 1 is 1.21 bits per heavy atom. The molecule has 4 fully saturated rings. The SMILES string of the molecule is CNc1cc(C(=O)O)cc(-c2cccc(CN3O[C@@H](CO)[C@@H]([C@H](C)O)[C@H]3C(=O)N[C@H]3C[C@@H]4C[C@H]([C@@H]3C)C4(C)C)c2OC)c1. The number of carbonyl (C=O) groups is 2. The fourth-order valence-corrected chi connectivity index (χ4v) is 7.88. The predicted octanol–water partition coefficient (Wildman–Crippen LogP) is 3.76. The van der Waals surface area contributed by atoms with Gasteiger partial charge in [-0.15, -0.1) is 0 Å². The van der Waals surface area contributed by atoms with Gasteiger partial charge in [0.05, 0.1) is 31.9 Å². The zero-order chi connectivity index (χ0) is 31.2. The van der Waals surface area contributed by atoms with Crippen molar-refractivity contribution in [2.75, 3.05) is 26.1 Å². The van der Waals surface area contributed by atoms with Gasteiger partial charge in [-0.25, -0.2) is 4.79 Å². The summed E-state index contributed by atoms with van der Waals surface area (Å²) in [7, 11) is 3.27. The Morgan fingerprint density at radius 2 is 1.95 bits per heavy atom. The summed E-state index contributed by atoms with van der Waals surface area (Å²) < 4.78 is 5.86. The number of aromatic carboxylic acids is 1. The first kappa shape index (κ1) is 31.3. The number of benzene rings is 2. The Morgan fingerprint density at radius 3 is 2.53 bits per heavy atom. The lowest BCUT2D eigenvalue weighted by molar-refractivity contribution is -0.183. The van der Waals surface area contributed by atoms with Gasteiger partial charge in [-0.3, -0.25) is 9.63 Å². The lowest BCUT2D eigenvalue weighted by Gasteiger charge is -2.62. The average molecular weight is 596 g/mol. The van der Waals surface area contributed by atoms with Gasteiger partial charge < -0.3 is 30.7 Å². The van der Waals surface area contributed by atoms with E-state index >= 15 is 0 Å². The van der Waals surface area contributed by atoms with Crippen LogP contribution in [-0.4, -0.2) is 77.3 Å². The van der Waals surface area contributed by atoms with Crippen molar-refractivity contribution >= 4 is 17.6 Å². The lowest BCUT2D eigenvalue weighted by atomic mass is 9.45. The van der Waals surface area contributed by atoms with E-state index in [-0.39, 0.29) is 36.1 Å². The number of nitrogens with zero attached hydrogens (tertiary/aromatic N) is 1. The number of rotatable bonds is 10. The number of ether oxygens (including phenoxy) is 1. The van der Waals surface area contributed by atoms with E-state index in [0.29, 0.717) is 45.9 Å². The molecule has 1 saturated heterocycles. The van der Waals surface area contributed by atoms with Crippen molar-refractivity contribution in [1.82, 2.24) is 10.4 Å². The first-order valence-electron chi connectivity index (χ1n) is 15.2. The number of hydroxylamine groups is 2. The first-order valence-corrected chi connectivity index (χ1v) is 15.2. The van der Waals surface area contributed by atoms with Gasteiger partial charge in [0, 0.05) is 35.8 Å². The molecule has 8 atom stereocenters. The normalized spacial score (nSPS) is 30.3. The van der Waals surface area contributed by atoms with Gasteiger partial charge in [-0.2, -0.15) is 5.06 Å². The molecule has 0 unspecified atom stereocenters. The number of hydrogen-bond donors (Lipinski definition) is 5. The van der Waals surface area contributed by atoms with Crippen molar-refractivity contribution < 1.29 is 34.5 Å². The minimum absolute atomic E-state index is 0.0368. The molecule has 2 aromatic rings. The smallest absolute Gasteiger partial charge is 0.335 e. The molecule has 4 aliphatic rings. The minimum atomic E-state index is -1.04. The zero-order valence-electron chi connectivity index (χ0n) is 25.8. The third kappa shape index (κ3) is 5.61. The number of nitrogens with one attached hydrogen (secondary N) is 2. The highest BCUT2D eigenvalue weighted by Gasteiger charge is 2.57. The van der Waals surface area contributed by atoms with E-state index in [9.17, 15) is 24.9 Å². The molecule has 0 radical (unpaired) electrons. The van der Waals surface area contributed by atoms with Gasteiger partial charge in [0.25, 0.3) is 0 Å². The molecule has 234 valence electrons. The summed E-state index contributed by atoms with van der Waals surface area (Å²) in [6.07, 6.45) is 0.461. The molecular weight excluding hydrogens is 550 g/mol. The molecule has 10 heteroatoms. The van der Waals surface area contributed by atoms with E-state index in [4.69, 9.17) is 9.57 Å². The van der Waals surface area contributed by atoms with Crippen molar-refractivity contribution in [2.24, 2.45) is 29.1 Å². The molecule has 3 aliphatic carbocycles. The highest BCUT2D eigenvalue weighted by atomic mass is 16.7. The van der Waals surface area contributed by atoms with Gasteiger partial charge >= 0.3 is 5.97 Å². The van der Waals surface area contributed by atoms with Crippen LogP contribution in [0.2, 0.25) is 0 Å². The highest BCUT2D eigenvalue weighted by molar-refractivity contribution is 5.92. The number of amides is 1. The minimum Gasteiger partial charge on any atom is -0.496 e. The van der Waals surface area contributed by atoms with Crippen LogP contribution >= 0.6 is 0 Å². The number of hydrogen-bond acceptors (Lipinski definition) is 8. The number of carboxylic acid groups (broad SMARTS) is 1. The summed E-state index contributed by atoms with van der Waals surface area (Å²) in [6.45, 7) is 8.28. The number of carboxylic acids is 1. The molecule has 1 heterocycles. The van der Waals surface area contributed by atoms with Crippen LogP contribution in [0, 0.1) is 29.1 Å². The number of methoxy groups -OCH3 is 1. The number of aliphatic hydroxyl groups is 2. The predicted molar refractivity (Wildman–Crippen MR) is 162 cm³/mol. The lowest BCUT2D eigenvalue weighted by Crippen LogP contribution is -2.62. The van der Waals surface area contributed by atoms with E-state index in [1.807, 2.05) is 24.3 Å². The molecule has 0 spiro atoms. The second-order valence-electron chi connectivity index (χ2n) is 13.1. The summed E-state index contributed by atoms with van der Waals surface area (Å²) in [5, 5.41) is 38.5. The van der Waals surface area contributed by atoms with Crippen LogP contribution in [-0.2, 0) is 16.2 Å². The second kappa shape index (κ2) is 12.1. The number of aliphatic hydroxyl groups excluding tert-OH is 2. The zero-order valence-corrected chi connectivity index (χ0v) is 25.8. The molecule has 10 nitrogen and oxygen atoms in total. The van der Waals surface area contributed by atoms with Gasteiger partial charge in [0.2, 0.25) is 5.91 Å². The summed E-state index contributed by atoms with van der Waals surface area (Å²) in [4.78, 5) is 32.0. The molecule has 2 bridgehead atoms. The van der Waals surface area contributed by atoms with Crippen molar-refractivity contribution in [3.8, 4) is 16.9 Å². The molecule has 3 saturated carbocycles. The summed E-state index contributed by atoms with van der Waals surface area (Å²) >= 11 is 0. The van der Waals surface area contributed by atoms with Crippen molar-refractivity contribution in [2.45, 2.75) is 71.4 Å². The largest absolute Gasteiger partial charge is 0.496 e. The fourth-order valence-electron chi connectivity index (χ4n) is 7.88. The summed E-state index contributed by atoms with van der Waals surface area (Å²) in [5.41, 5.74) is 3.11. The van der Waals surface area contributed by atoms with Crippen molar-refractivity contribution in [1.29, 1.82) is 0 Å². The Bertz CT molecular complexity index is 1360. The van der Waals surface area contributed by atoms with E-state index in [1.54, 1.807) is 38.3 Å². The molecule has 0 aromatic heterocycles. The average Bonchev–Trinajstić information content (AvgIpc) is 3.36. The van der Waals surface area contributed by atoms with Crippen molar-refractivity contribution in [3.05, 3.63) is 47.5 Å². The van der Waals surface area contributed by atoms with Crippen molar-refractivity contribution in [3.63, 3.8) is 0 Å². The van der Waals surface area contributed by atoms with Gasteiger partial charge in [0.15, 0.2) is 0 Å². The molecule has 2 aromatic carbocycles. The maximum Gasteiger partial charge on any atom is 0.335 e. The molecular formula is C33H45N3O7. The maximum absolute atomic E-state index is 14.0. The Labute approximate surface area is 253 Å². The van der Waals surface area contributed by atoms with Crippen LogP contribution in [0.1, 0.15) is 56.5 Å². The van der Waals surface area contributed by atoms with Gasteiger partial charge in [-0.1, -0.05) is 39.0 Å². The van der Waals surface area contributed by atoms with Crippen LogP contribution < -0.4 is 15.4 Å². The number of para-hydroxylation sites is 1. The highest BCUT2D eigenvalue weighted by Crippen LogP contribution is 2.61. The maximum atomic E-state index is 14.0. The van der Waals surface area contributed by atoms with Crippen LogP contribution in [0.25, 0.3) is 11.1 Å². The quantitative estimate of drug-likeness (QED) is 0.278. The van der Waals surface area contributed by atoms with Gasteiger partial charge in [0.1, 0.15) is 17.9 Å². The molecule has 43 heavy (non-hydrogen) atoms. The molecule has 1 amide bonds. The van der Waals surface area contributed by atoms with Crippen LogP contribution in [0.15, 0.2) is 36.4 Å². The standard InChI is InChI=1S/C33H45N3O7/c1-17-25-13-22(33(25,3)4)14-26(17)35-31(39)29-28(18(2)38)27(16-37)43-36(29)15-19-8-7-9-24(30(19)42-6)20-10-21(32(40)41)12-23(11-20)34-5/h7-12,17-18,22,25-29,34,37-38H,13-16H2,1-6H3,(H,35,39)(H,40,41)/t17-,18-,22-,25+,26-,27-,28+,29-/m0/s1. The topological polar surface area (TPSA) is 141 Å². The Hall–Kier alpha value is -3.18. The number of fused-ring (bicyclic) bond motifs is 2. The van der Waals surface area contributed by atoms with Crippen LogP contribution in [0.5, 0.6) is 5.75 Å². The van der Waals surface area contributed by atoms with Gasteiger partial charge in [-0.05, 0) is 66.7 Å². The van der Waals surface area contributed by atoms with Crippen LogP contribution in [0.3, 0.4) is 0 Å². The Kier molecular flexibility index (Phi) is 8.77. The monoisotopic (exact) mass is 595 g/mol. The van der Waals surface area contributed by atoms with E-state index in [2.05, 4.69) is 31.4 Å². The molecule has 6 rings (SSSR count). The second-order valence-corrected chi connectivity index (χ2v) is 13.1. The van der Waals surface area contributed by atoms with E-state index in [1.165, 1.54) is 6.42 Å². The van der Waals surface area contributed by atoms with Crippen LogP contribution in [0.4, 0.5) is 5.69 Å². The summed E-state index contributed by atoms with van der Waals surface area (Å²) in [6, 6.07) is 9.76. The fraction of sp³-hybridized carbons (Fsp3) is 0.576. The number of carbonyl (C=O) groups excluding carboxylic acids is 1. The molecule has 5 N–H and O–H groups in total. The van der Waals surface area contributed by atoms with E-state index in [0.717, 1.165) is 6.42 Å². The van der Waals surface area contributed by atoms with E-state index < -0.39 is 30.1 Å². The Balaban J connectivity index is 1.45. The molecule has 1 aliphatic heterocycles. The number of anilines is 1. The summed E-state index contributed by atoms with van der Waals surface area (Å²) in [5.74, 6) is 0.0664.